The van der Waals surface area contributed by atoms with Gasteiger partial charge < -0.3 is 4.90 Å². The maximum atomic E-state index is 11.2. The summed E-state index contributed by atoms with van der Waals surface area (Å²) in [5, 5.41) is 11.3. The molecule has 1 aliphatic heterocycles. The molecule has 0 aromatic carbocycles. The van der Waals surface area contributed by atoms with Crippen LogP contribution in [0, 0.1) is 23.0 Å². The van der Waals surface area contributed by atoms with Crippen molar-refractivity contribution in [1.29, 1.82) is 0 Å². The Kier molecular flexibility index (Phi) is 4.75. The van der Waals surface area contributed by atoms with E-state index in [0.29, 0.717) is 17.4 Å². The van der Waals surface area contributed by atoms with Crippen molar-refractivity contribution in [3.63, 3.8) is 0 Å². The van der Waals surface area contributed by atoms with Crippen LogP contribution in [0.5, 0.6) is 0 Å². The summed E-state index contributed by atoms with van der Waals surface area (Å²) in [5.41, 5.74) is 0.295. The van der Waals surface area contributed by atoms with Crippen LogP contribution in [-0.2, 0) is 0 Å². The zero-order chi connectivity index (χ0) is 14.7. The van der Waals surface area contributed by atoms with Gasteiger partial charge in [0.05, 0.1) is 4.92 Å². The summed E-state index contributed by atoms with van der Waals surface area (Å²) in [6.07, 6.45) is 4.50. The molecule has 0 unspecified atom stereocenters. The highest BCUT2D eigenvalue weighted by atomic mass is 35.5. The van der Waals surface area contributed by atoms with Crippen LogP contribution in [0.1, 0.15) is 38.3 Å². The Morgan fingerprint density at radius 2 is 2.05 bits per heavy atom. The first-order valence-electron chi connectivity index (χ1n) is 6.96. The number of anilines is 1. The largest absolute Gasteiger partial charge is 0.351 e. The summed E-state index contributed by atoms with van der Waals surface area (Å²) in [7, 11) is 0. The van der Waals surface area contributed by atoms with Crippen molar-refractivity contribution in [3.05, 3.63) is 21.1 Å². The van der Waals surface area contributed by atoms with Gasteiger partial charge in [-0.05, 0) is 37.3 Å². The molecule has 1 saturated heterocycles. The molecule has 0 saturated carbocycles. The zero-order valence-electron chi connectivity index (χ0n) is 11.8. The molecule has 0 spiro atoms. The molecule has 1 aliphatic rings. The predicted octanol–water partition coefficient (Wildman–Crippen LogP) is 3.36. The summed E-state index contributed by atoms with van der Waals surface area (Å²) in [4.78, 5) is 20.7. The predicted molar refractivity (Wildman–Crippen MR) is 78.3 cm³/mol. The SMILES string of the molecule is CCCC1CCN(c2nc(Cl)nc(C)c2[N+](=O)[O-])CC1. The highest BCUT2D eigenvalue weighted by Gasteiger charge is 2.28. The summed E-state index contributed by atoms with van der Waals surface area (Å²) < 4.78 is 0. The van der Waals surface area contributed by atoms with E-state index in [4.69, 9.17) is 11.6 Å². The van der Waals surface area contributed by atoms with Crippen LogP contribution in [0.15, 0.2) is 0 Å². The molecular weight excluding hydrogens is 280 g/mol. The molecule has 1 aromatic heterocycles. The highest BCUT2D eigenvalue weighted by Crippen LogP contribution is 2.33. The quantitative estimate of drug-likeness (QED) is 0.484. The fraction of sp³-hybridized carbons (Fsp3) is 0.692. The van der Waals surface area contributed by atoms with Crippen LogP contribution in [0.3, 0.4) is 0 Å². The van der Waals surface area contributed by atoms with Crippen molar-refractivity contribution in [3.8, 4) is 0 Å². The third-order valence-corrected chi connectivity index (χ3v) is 3.98. The van der Waals surface area contributed by atoms with Gasteiger partial charge in [0.25, 0.3) is 0 Å². The number of hydrogen-bond donors (Lipinski definition) is 0. The van der Waals surface area contributed by atoms with Gasteiger partial charge in [0.15, 0.2) is 0 Å². The molecule has 110 valence electrons. The van der Waals surface area contributed by atoms with Crippen molar-refractivity contribution >= 4 is 23.1 Å². The van der Waals surface area contributed by atoms with Gasteiger partial charge in [0.1, 0.15) is 5.69 Å². The first-order chi connectivity index (χ1) is 9.52. The number of rotatable bonds is 4. The monoisotopic (exact) mass is 298 g/mol. The van der Waals surface area contributed by atoms with Crippen molar-refractivity contribution in [1.82, 2.24) is 9.97 Å². The van der Waals surface area contributed by atoms with Gasteiger partial charge >= 0.3 is 5.69 Å². The van der Waals surface area contributed by atoms with E-state index >= 15 is 0 Å². The van der Waals surface area contributed by atoms with E-state index in [0.717, 1.165) is 25.9 Å². The third kappa shape index (κ3) is 3.17. The number of piperidine rings is 1. The molecule has 6 nitrogen and oxygen atoms in total. The minimum Gasteiger partial charge on any atom is -0.351 e. The van der Waals surface area contributed by atoms with Crippen molar-refractivity contribution < 1.29 is 4.92 Å². The lowest BCUT2D eigenvalue weighted by Crippen LogP contribution is -2.35. The van der Waals surface area contributed by atoms with E-state index in [2.05, 4.69) is 16.9 Å². The van der Waals surface area contributed by atoms with E-state index in [9.17, 15) is 10.1 Å². The van der Waals surface area contributed by atoms with E-state index in [1.54, 1.807) is 6.92 Å². The number of nitro groups is 1. The van der Waals surface area contributed by atoms with Crippen molar-refractivity contribution in [2.24, 2.45) is 5.92 Å². The summed E-state index contributed by atoms with van der Waals surface area (Å²) in [5.74, 6) is 1.08. The molecule has 0 radical (unpaired) electrons. The molecule has 0 bridgehead atoms. The average Bonchev–Trinajstić information content (AvgIpc) is 2.38. The van der Waals surface area contributed by atoms with E-state index < -0.39 is 4.92 Å². The smallest absolute Gasteiger partial charge is 0.332 e. The minimum absolute atomic E-state index is 0.0247. The molecule has 7 heteroatoms. The third-order valence-electron chi connectivity index (χ3n) is 3.81. The Hall–Kier alpha value is -1.43. The van der Waals surface area contributed by atoms with Gasteiger partial charge in [0, 0.05) is 13.1 Å². The molecule has 0 atom stereocenters. The van der Waals surface area contributed by atoms with Crippen LogP contribution in [0.25, 0.3) is 0 Å². The van der Waals surface area contributed by atoms with Gasteiger partial charge in [-0.2, -0.15) is 4.98 Å². The molecule has 2 rings (SSSR count). The van der Waals surface area contributed by atoms with Crippen LogP contribution in [0.2, 0.25) is 5.28 Å². The number of hydrogen-bond acceptors (Lipinski definition) is 5. The Bertz CT molecular complexity index is 501. The maximum Gasteiger partial charge on any atom is 0.332 e. The van der Waals surface area contributed by atoms with Crippen molar-refractivity contribution in [2.45, 2.75) is 39.5 Å². The summed E-state index contributed by atoms with van der Waals surface area (Å²) >= 11 is 5.85. The van der Waals surface area contributed by atoms with E-state index in [-0.39, 0.29) is 11.0 Å². The Morgan fingerprint density at radius 1 is 1.40 bits per heavy atom. The normalized spacial score (nSPS) is 16.4. The number of aromatic nitrogens is 2. The fourth-order valence-electron chi connectivity index (χ4n) is 2.79. The number of nitrogens with zero attached hydrogens (tertiary/aromatic N) is 4. The fourth-order valence-corrected chi connectivity index (χ4v) is 3.00. The second kappa shape index (κ2) is 6.35. The first kappa shape index (κ1) is 15.0. The molecule has 0 aliphatic carbocycles. The van der Waals surface area contributed by atoms with Gasteiger partial charge in [-0.1, -0.05) is 19.8 Å². The van der Waals surface area contributed by atoms with Gasteiger partial charge in [-0.15, -0.1) is 0 Å². The second-order valence-electron chi connectivity index (χ2n) is 5.23. The molecule has 0 amide bonds. The maximum absolute atomic E-state index is 11.2. The van der Waals surface area contributed by atoms with Crippen LogP contribution in [0.4, 0.5) is 11.5 Å². The Labute approximate surface area is 123 Å². The standard InChI is InChI=1S/C13H19ClN4O2/c1-3-4-10-5-7-17(8-6-10)12-11(18(19)20)9(2)15-13(14)16-12/h10H,3-8H2,1-2H3. The summed E-state index contributed by atoms with van der Waals surface area (Å²) in [6.45, 7) is 5.36. The van der Waals surface area contributed by atoms with Crippen LogP contribution >= 0.6 is 11.6 Å². The lowest BCUT2D eigenvalue weighted by Gasteiger charge is -2.32. The molecular formula is C13H19ClN4O2. The Morgan fingerprint density at radius 3 is 2.60 bits per heavy atom. The lowest BCUT2D eigenvalue weighted by atomic mass is 9.92. The van der Waals surface area contributed by atoms with Crippen LogP contribution < -0.4 is 4.90 Å². The molecule has 1 aromatic rings. The highest BCUT2D eigenvalue weighted by molar-refractivity contribution is 6.28. The van der Waals surface area contributed by atoms with E-state index in [1.807, 2.05) is 4.90 Å². The van der Waals surface area contributed by atoms with E-state index in [1.165, 1.54) is 12.8 Å². The van der Waals surface area contributed by atoms with Crippen LogP contribution in [-0.4, -0.2) is 28.0 Å². The summed E-state index contributed by atoms with van der Waals surface area (Å²) in [6, 6.07) is 0. The molecule has 20 heavy (non-hydrogen) atoms. The van der Waals surface area contributed by atoms with Gasteiger partial charge in [-0.25, -0.2) is 4.98 Å². The Balaban J connectivity index is 2.23. The molecule has 2 heterocycles. The van der Waals surface area contributed by atoms with Gasteiger partial charge in [0.2, 0.25) is 11.1 Å². The second-order valence-corrected chi connectivity index (χ2v) is 5.56. The topological polar surface area (TPSA) is 72.2 Å². The minimum atomic E-state index is -0.418. The first-order valence-corrected chi connectivity index (χ1v) is 7.34. The van der Waals surface area contributed by atoms with Gasteiger partial charge in [-0.3, -0.25) is 10.1 Å². The van der Waals surface area contributed by atoms with Crippen molar-refractivity contribution in [2.75, 3.05) is 18.0 Å². The number of halogens is 1. The molecule has 0 N–H and O–H groups in total. The average molecular weight is 299 g/mol. The number of aryl methyl sites for hydroxylation is 1. The molecule has 1 fully saturated rings. The lowest BCUT2D eigenvalue weighted by molar-refractivity contribution is -0.385. The zero-order valence-corrected chi connectivity index (χ0v) is 12.6.